The van der Waals surface area contributed by atoms with Crippen molar-refractivity contribution in [2.24, 2.45) is 5.90 Å². The van der Waals surface area contributed by atoms with E-state index in [1.807, 2.05) is 18.2 Å². The summed E-state index contributed by atoms with van der Waals surface area (Å²) in [4.78, 5) is 14.7. The molecule has 70 valence electrons. The van der Waals surface area contributed by atoms with Crippen LogP contribution in [0, 0.1) is 0 Å². The molecule has 13 heavy (non-hydrogen) atoms. The maximum absolute atomic E-state index is 10.4. The van der Waals surface area contributed by atoms with Crippen LogP contribution in [0.3, 0.4) is 0 Å². The molecule has 0 bridgehead atoms. The molecule has 0 heterocycles. The molecule has 1 aromatic carbocycles. The van der Waals surface area contributed by atoms with Crippen molar-refractivity contribution in [3.05, 3.63) is 35.9 Å². The van der Waals surface area contributed by atoms with Gasteiger partial charge in [0.1, 0.15) is 6.10 Å². The van der Waals surface area contributed by atoms with Gasteiger partial charge in [-0.2, -0.15) is 0 Å². The van der Waals surface area contributed by atoms with Gasteiger partial charge in [-0.25, -0.2) is 5.90 Å². The minimum absolute atomic E-state index is 0.222. The van der Waals surface area contributed by atoms with E-state index in [2.05, 4.69) is 4.84 Å². The molecule has 0 fully saturated rings. The second-order valence-electron chi connectivity index (χ2n) is 2.63. The summed E-state index contributed by atoms with van der Waals surface area (Å²) < 4.78 is 0. The number of carbonyl (C=O) groups is 1. The van der Waals surface area contributed by atoms with Gasteiger partial charge < -0.3 is 9.90 Å². The number of carboxylic acids is 1. The number of hydrogen-bond donors (Lipinski definition) is 1. The lowest BCUT2D eigenvalue weighted by Crippen LogP contribution is -2.40. The molecule has 4 heteroatoms. The van der Waals surface area contributed by atoms with Gasteiger partial charge in [0.25, 0.3) is 0 Å². The van der Waals surface area contributed by atoms with Crippen LogP contribution in [0.2, 0.25) is 0 Å². The highest BCUT2D eigenvalue weighted by atomic mass is 16.6. The van der Waals surface area contributed by atoms with E-state index < -0.39 is 12.1 Å². The molecule has 0 aliphatic carbocycles. The zero-order valence-electron chi connectivity index (χ0n) is 6.97. The van der Waals surface area contributed by atoms with Crippen LogP contribution in [0.15, 0.2) is 30.3 Å². The molecule has 0 unspecified atom stereocenters. The lowest BCUT2D eigenvalue weighted by atomic mass is 10.1. The van der Waals surface area contributed by atoms with Crippen molar-refractivity contribution in [1.82, 2.24) is 0 Å². The molecule has 0 aromatic heterocycles. The van der Waals surface area contributed by atoms with Crippen molar-refractivity contribution in [1.29, 1.82) is 0 Å². The third-order valence-electron chi connectivity index (χ3n) is 1.69. The SMILES string of the molecule is NO[C@@H](Cc1ccccc1)C(=O)[O-]. The van der Waals surface area contributed by atoms with Crippen LogP contribution in [-0.4, -0.2) is 12.1 Å². The minimum Gasteiger partial charge on any atom is -0.547 e. The molecular weight excluding hydrogens is 170 g/mol. The fraction of sp³-hybridized carbons (Fsp3) is 0.222. The predicted molar refractivity (Wildman–Crippen MR) is 44.2 cm³/mol. The summed E-state index contributed by atoms with van der Waals surface area (Å²) in [6.45, 7) is 0. The third kappa shape index (κ3) is 2.85. The first-order valence-corrected chi connectivity index (χ1v) is 3.84. The van der Waals surface area contributed by atoms with Crippen LogP contribution >= 0.6 is 0 Å². The molecule has 1 atom stereocenters. The standard InChI is InChI=1S/C9H11NO3/c10-13-8(9(11)12)6-7-4-2-1-3-5-7/h1-5,8H,6,10H2,(H,11,12)/p-1/t8-/m0/s1. The molecule has 0 saturated heterocycles. The van der Waals surface area contributed by atoms with E-state index >= 15 is 0 Å². The van der Waals surface area contributed by atoms with E-state index in [-0.39, 0.29) is 6.42 Å². The number of carboxylic acid groups (broad SMARTS) is 1. The van der Waals surface area contributed by atoms with Gasteiger partial charge in [0.15, 0.2) is 0 Å². The zero-order chi connectivity index (χ0) is 9.68. The van der Waals surface area contributed by atoms with Crippen LogP contribution in [0.5, 0.6) is 0 Å². The highest BCUT2D eigenvalue weighted by Crippen LogP contribution is 2.03. The van der Waals surface area contributed by atoms with Gasteiger partial charge in [-0.05, 0) is 5.56 Å². The molecular formula is C9H10NO3-. The van der Waals surface area contributed by atoms with Crippen LogP contribution in [0.25, 0.3) is 0 Å². The minimum atomic E-state index is -1.30. The topological polar surface area (TPSA) is 75.4 Å². The molecule has 0 aliphatic rings. The quantitative estimate of drug-likeness (QED) is 0.618. The van der Waals surface area contributed by atoms with Crippen molar-refractivity contribution in [2.45, 2.75) is 12.5 Å². The van der Waals surface area contributed by atoms with Gasteiger partial charge in [0.05, 0.1) is 5.97 Å². The maximum atomic E-state index is 10.4. The summed E-state index contributed by atoms with van der Waals surface area (Å²) in [7, 11) is 0. The van der Waals surface area contributed by atoms with Gasteiger partial charge in [0, 0.05) is 6.42 Å². The Morgan fingerprint density at radius 2 is 2.08 bits per heavy atom. The van der Waals surface area contributed by atoms with E-state index in [9.17, 15) is 9.90 Å². The molecule has 0 radical (unpaired) electrons. The van der Waals surface area contributed by atoms with Gasteiger partial charge in [0.2, 0.25) is 0 Å². The zero-order valence-corrected chi connectivity index (χ0v) is 6.97. The Balaban J connectivity index is 2.62. The number of nitrogens with two attached hydrogens (primary N) is 1. The van der Waals surface area contributed by atoms with Crippen LogP contribution in [-0.2, 0) is 16.1 Å². The van der Waals surface area contributed by atoms with E-state index in [1.165, 1.54) is 0 Å². The number of benzene rings is 1. The Hall–Kier alpha value is -1.39. The third-order valence-corrected chi connectivity index (χ3v) is 1.69. The Kier molecular flexibility index (Phi) is 3.42. The lowest BCUT2D eigenvalue weighted by Gasteiger charge is -2.14. The maximum Gasteiger partial charge on any atom is 0.122 e. The van der Waals surface area contributed by atoms with E-state index in [0.29, 0.717) is 0 Å². The summed E-state index contributed by atoms with van der Waals surface area (Å²) in [5.74, 6) is 3.50. The molecule has 1 aromatic rings. The summed E-state index contributed by atoms with van der Waals surface area (Å²) in [5.41, 5.74) is 0.849. The van der Waals surface area contributed by atoms with Crippen molar-refractivity contribution in [2.75, 3.05) is 0 Å². The number of hydrogen-bond acceptors (Lipinski definition) is 4. The molecule has 4 nitrogen and oxygen atoms in total. The molecule has 1 rings (SSSR count). The fourth-order valence-electron chi connectivity index (χ4n) is 1.02. The summed E-state index contributed by atoms with van der Waals surface area (Å²) >= 11 is 0. The van der Waals surface area contributed by atoms with Gasteiger partial charge in [-0.1, -0.05) is 30.3 Å². The highest BCUT2D eigenvalue weighted by Gasteiger charge is 2.09. The normalized spacial score (nSPS) is 12.4. The molecule has 2 N–H and O–H groups in total. The predicted octanol–water partition coefficient (Wildman–Crippen LogP) is -0.762. The van der Waals surface area contributed by atoms with Gasteiger partial charge in [-0.15, -0.1) is 0 Å². The second-order valence-corrected chi connectivity index (χ2v) is 2.63. The van der Waals surface area contributed by atoms with E-state index in [4.69, 9.17) is 5.90 Å². The fourth-order valence-corrected chi connectivity index (χ4v) is 1.02. The number of aliphatic carboxylic acids is 1. The Morgan fingerprint density at radius 3 is 2.54 bits per heavy atom. The van der Waals surface area contributed by atoms with Crippen LogP contribution in [0.4, 0.5) is 0 Å². The van der Waals surface area contributed by atoms with Crippen LogP contribution < -0.4 is 11.0 Å². The first kappa shape index (κ1) is 9.70. The smallest absolute Gasteiger partial charge is 0.122 e. The molecule has 0 spiro atoms. The monoisotopic (exact) mass is 180 g/mol. The van der Waals surface area contributed by atoms with Crippen molar-refractivity contribution >= 4 is 5.97 Å². The number of rotatable bonds is 4. The number of carbonyl (C=O) groups excluding carboxylic acids is 1. The molecule has 0 aliphatic heterocycles. The largest absolute Gasteiger partial charge is 0.547 e. The van der Waals surface area contributed by atoms with E-state index in [1.54, 1.807) is 12.1 Å². The average molecular weight is 180 g/mol. The van der Waals surface area contributed by atoms with Crippen molar-refractivity contribution in [3.8, 4) is 0 Å². The Morgan fingerprint density at radius 1 is 1.46 bits per heavy atom. The van der Waals surface area contributed by atoms with Crippen molar-refractivity contribution < 1.29 is 14.7 Å². The van der Waals surface area contributed by atoms with Gasteiger partial charge >= 0.3 is 0 Å². The molecule has 0 saturated carbocycles. The Bertz CT molecular complexity index is 273. The lowest BCUT2D eigenvalue weighted by molar-refractivity contribution is -0.317. The summed E-state index contributed by atoms with van der Waals surface area (Å²) in [6.07, 6.45) is -0.859. The first-order chi connectivity index (χ1) is 6.24. The summed E-state index contributed by atoms with van der Waals surface area (Å²) in [6, 6.07) is 9.08. The van der Waals surface area contributed by atoms with E-state index in [0.717, 1.165) is 5.56 Å². The van der Waals surface area contributed by atoms with Gasteiger partial charge in [-0.3, -0.25) is 4.84 Å². The van der Waals surface area contributed by atoms with Crippen LogP contribution in [0.1, 0.15) is 5.56 Å². The average Bonchev–Trinajstić information content (AvgIpc) is 2.15. The van der Waals surface area contributed by atoms with Crippen molar-refractivity contribution in [3.63, 3.8) is 0 Å². The Labute approximate surface area is 75.9 Å². The molecule has 0 amide bonds. The first-order valence-electron chi connectivity index (χ1n) is 3.84. The second kappa shape index (κ2) is 4.59. The summed E-state index contributed by atoms with van der Waals surface area (Å²) in [5, 5.41) is 10.4. The highest BCUT2D eigenvalue weighted by molar-refractivity contribution is 5.70.